The van der Waals surface area contributed by atoms with Crippen molar-refractivity contribution in [3.8, 4) is 0 Å². The second kappa shape index (κ2) is 13.7. The standard InChI is InChI=1S/C59H45N3/c1-38-25-29-44(30-26-38)60-45-17-11-19-47(35-45)61(53-23-9-15-39-13-5-7-21-49(39)53)55-37-56(52-32-28-42-34-43(59(2,3)4)33-41-27-31-51(55)58(52)57(41)42)62(48-20-12-18-46(60)36-48)54-24-10-16-40-14-6-8-22-50(40)54/h5-37H,1-4H3. The molecule has 11 aromatic carbocycles. The van der Waals surface area contributed by atoms with E-state index in [0.29, 0.717) is 0 Å². The van der Waals surface area contributed by atoms with Gasteiger partial charge in [-0.2, -0.15) is 0 Å². The van der Waals surface area contributed by atoms with Gasteiger partial charge in [0.05, 0.1) is 22.7 Å². The van der Waals surface area contributed by atoms with Crippen LogP contribution in [0.3, 0.4) is 0 Å². The lowest BCUT2D eigenvalue weighted by Crippen LogP contribution is -2.17. The van der Waals surface area contributed by atoms with Crippen LogP contribution in [0, 0.1) is 6.92 Å². The van der Waals surface area contributed by atoms with E-state index >= 15 is 0 Å². The average Bonchev–Trinajstić information content (AvgIpc) is 3.29. The summed E-state index contributed by atoms with van der Waals surface area (Å²) in [7, 11) is 0. The van der Waals surface area contributed by atoms with Gasteiger partial charge in [-0.25, -0.2) is 0 Å². The minimum atomic E-state index is 0.00730. The summed E-state index contributed by atoms with van der Waals surface area (Å²) in [6, 6.07) is 74.9. The summed E-state index contributed by atoms with van der Waals surface area (Å²) in [6.07, 6.45) is 0. The third-order valence-electron chi connectivity index (χ3n) is 13.0. The molecule has 62 heavy (non-hydrogen) atoms. The molecule has 0 saturated heterocycles. The van der Waals surface area contributed by atoms with Gasteiger partial charge in [0, 0.05) is 55.4 Å². The SMILES string of the molecule is Cc1ccc(N2c3cccc(c3)N(c3cccc4ccccc34)c3cc(c4ccc5cc(C(C)(C)C)cc6ccc3c4c65)N(c3cccc4ccccc34)c3cccc2c3)cc1. The molecule has 1 aliphatic rings. The first-order chi connectivity index (χ1) is 30.3. The van der Waals surface area contributed by atoms with Crippen LogP contribution >= 0.6 is 0 Å². The van der Waals surface area contributed by atoms with Crippen molar-refractivity contribution in [2.24, 2.45) is 0 Å². The van der Waals surface area contributed by atoms with Crippen LogP contribution in [-0.4, -0.2) is 0 Å². The normalized spacial score (nSPS) is 13.1. The molecule has 1 aliphatic heterocycles. The Bertz CT molecular complexity index is 3330. The highest BCUT2D eigenvalue weighted by Crippen LogP contribution is 2.53. The largest absolute Gasteiger partial charge is 0.310 e. The van der Waals surface area contributed by atoms with Crippen molar-refractivity contribution < 1.29 is 0 Å². The Hall–Kier alpha value is -7.62. The molecule has 0 saturated carbocycles. The molecule has 6 bridgehead atoms. The van der Waals surface area contributed by atoms with E-state index in [-0.39, 0.29) is 5.41 Å². The maximum atomic E-state index is 2.52. The van der Waals surface area contributed by atoms with Crippen molar-refractivity contribution in [3.63, 3.8) is 0 Å². The number of rotatable bonds is 3. The van der Waals surface area contributed by atoms with Gasteiger partial charge in [0.15, 0.2) is 0 Å². The number of aryl methyl sites for hydroxylation is 1. The minimum absolute atomic E-state index is 0.00730. The summed E-state index contributed by atoms with van der Waals surface area (Å²) in [6.45, 7) is 9.09. The van der Waals surface area contributed by atoms with E-state index in [4.69, 9.17) is 0 Å². The van der Waals surface area contributed by atoms with E-state index in [2.05, 4.69) is 243 Å². The zero-order valence-electron chi connectivity index (χ0n) is 35.4. The Morgan fingerprint density at radius 2 is 0.758 bits per heavy atom. The van der Waals surface area contributed by atoms with Crippen LogP contribution in [0.4, 0.5) is 51.2 Å². The molecule has 0 aliphatic carbocycles. The summed E-state index contributed by atoms with van der Waals surface area (Å²) in [5.74, 6) is 0. The molecule has 11 aromatic rings. The Labute approximate surface area is 362 Å². The predicted molar refractivity (Wildman–Crippen MR) is 266 cm³/mol. The first kappa shape index (κ1) is 36.2. The van der Waals surface area contributed by atoms with Gasteiger partial charge in [0.1, 0.15) is 0 Å². The van der Waals surface area contributed by atoms with E-state index in [1.54, 1.807) is 0 Å². The van der Waals surface area contributed by atoms with Gasteiger partial charge < -0.3 is 14.7 Å². The second-order valence-corrected chi connectivity index (χ2v) is 17.9. The smallest absolute Gasteiger partial charge is 0.0561 e. The first-order valence-corrected chi connectivity index (χ1v) is 21.7. The number of hydrogen-bond acceptors (Lipinski definition) is 3. The zero-order valence-corrected chi connectivity index (χ0v) is 35.4. The van der Waals surface area contributed by atoms with Gasteiger partial charge >= 0.3 is 0 Å². The highest BCUT2D eigenvalue weighted by Gasteiger charge is 2.28. The maximum Gasteiger partial charge on any atom is 0.0561 e. The molecule has 0 aromatic heterocycles. The van der Waals surface area contributed by atoms with E-state index in [1.807, 2.05) is 0 Å². The number of fused-ring (bicyclic) bond motifs is 10. The average molecular weight is 796 g/mol. The van der Waals surface area contributed by atoms with Crippen LogP contribution in [-0.2, 0) is 5.41 Å². The summed E-state index contributed by atoms with van der Waals surface area (Å²) in [5, 5.41) is 12.3. The summed E-state index contributed by atoms with van der Waals surface area (Å²) in [5.41, 5.74) is 12.5. The van der Waals surface area contributed by atoms with Gasteiger partial charge in [-0.1, -0.05) is 160 Å². The Kier molecular flexibility index (Phi) is 8.01. The fourth-order valence-electron chi connectivity index (χ4n) is 9.99. The third kappa shape index (κ3) is 5.65. The molecule has 3 heteroatoms. The highest BCUT2D eigenvalue weighted by molar-refractivity contribution is 6.29. The number of hydrogen-bond donors (Lipinski definition) is 0. The molecular weight excluding hydrogens is 751 g/mol. The molecule has 3 nitrogen and oxygen atoms in total. The highest BCUT2D eigenvalue weighted by atomic mass is 15.2. The number of anilines is 9. The monoisotopic (exact) mass is 795 g/mol. The molecule has 0 fully saturated rings. The molecule has 0 amide bonds. The van der Waals surface area contributed by atoms with Crippen molar-refractivity contribution in [3.05, 3.63) is 211 Å². The van der Waals surface area contributed by atoms with Crippen molar-refractivity contribution in [1.82, 2.24) is 0 Å². The topological polar surface area (TPSA) is 9.72 Å². The predicted octanol–water partition coefficient (Wildman–Crippen LogP) is 17.2. The molecule has 296 valence electrons. The van der Waals surface area contributed by atoms with Crippen molar-refractivity contribution in [1.29, 1.82) is 0 Å². The van der Waals surface area contributed by atoms with Gasteiger partial charge in [-0.15, -0.1) is 0 Å². The van der Waals surface area contributed by atoms with Crippen LogP contribution in [0.15, 0.2) is 200 Å². The van der Waals surface area contributed by atoms with E-state index in [0.717, 1.165) is 51.2 Å². The molecule has 0 atom stereocenters. The zero-order chi connectivity index (χ0) is 41.7. The van der Waals surface area contributed by atoms with Gasteiger partial charge in [0.25, 0.3) is 0 Å². The van der Waals surface area contributed by atoms with Crippen molar-refractivity contribution >= 4 is 105 Å². The van der Waals surface area contributed by atoms with Crippen molar-refractivity contribution in [2.75, 3.05) is 14.7 Å². The van der Waals surface area contributed by atoms with Crippen LogP contribution < -0.4 is 14.7 Å². The Balaban J connectivity index is 1.29. The quantitative estimate of drug-likeness (QED) is 0.165. The second-order valence-electron chi connectivity index (χ2n) is 17.9. The lowest BCUT2D eigenvalue weighted by Gasteiger charge is -2.35. The lowest BCUT2D eigenvalue weighted by molar-refractivity contribution is 0.591. The van der Waals surface area contributed by atoms with E-state index < -0.39 is 0 Å². The number of benzene rings is 11. The molecule has 0 spiro atoms. The lowest BCUT2D eigenvalue weighted by atomic mass is 9.83. The van der Waals surface area contributed by atoms with Gasteiger partial charge in [-0.05, 0) is 112 Å². The van der Waals surface area contributed by atoms with Crippen LogP contribution in [0.5, 0.6) is 0 Å². The molecular formula is C59H45N3. The molecule has 12 rings (SSSR count). The van der Waals surface area contributed by atoms with Gasteiger partial charge in [0.2, 0.25) is 0 Å². The minimum Gasteiger partial charge on any atom is -0.310 e. The molecule has 1 heterocycles. The van der Waals surface area contributed by atoms with E-state index in [1.165, 1.54) is 65.0 Å². The molecule has 0 radical (unpaired) electrons. The fraction of sp³-hybridized carbons (Fsp3) is 0.0847. The summed E-state index contributed by atoms with van der Waals surface area (Å²) >= 11 is 0. The Morgan fingerprint density at radius 3 is 1.26 bits per heavy atom. The molecule has 0 unspecified atom stereocenters. The van der Waals surface area contributed by atoms with Crippen LogP contribution in [0.1, 0.15) is 31.9 Å². The molecule has 0 N–H and O–H groups in total. The fourth-order valence-corrected chi connectivity index (χ4v) is 9.99. The Morgan fingerprint density at radius 1 is 0.306 bits per heavy atom. The van der Waals surface area contributed by atoms with Gasteiger partial charge in [-0.3, -0.25) is 0 Å². The van der Waals surface area contributed by atoms with Crippen LogP contribution in [0.25, 0.3) is 53.9 Å². The maximum absolute atomic E-state index is 2.52. The number of nitrogens with zero attached hydrogens (tertiary/aromatic N) is 3. The van der Waals surface area contributed by atoms with E-state index in [9.17, 15) is 0 Å². The first-order valence-electron chi connectivity index (χ1n) is 21.7. The summed E-state index contributed by atoms with van der Waals surface area (Å²) in [4.78, 5) is 7.44. The summed E-state index contributed by atoms with van der Waals surface area (Å²) < 4.78 is 0. The third-order valence-corrected chi connectivity index (χ3v) is 13.0. The van der Waals surface area contributed by atoms with Crippen molar-refractivity contribution in [2.45, 2.75) is 33.1 Å². The van der Waals surface area contributed by atoms with Crippen LogP contribution in [0.2, 0.25) is 0 Å².